The molecule has 0 aliphatic carbocycles. The second kappa shape index (κ2) is 6.70. The standard InChI is InChI=1S/C17H14N4O3S/c1-10(22)24-12-4-2-11(3-5-12)21-9-20-14(8-15(21)23)16-13(18)6-7-19-17(16)25/h2-9H,1H3,(H3,18,19,25). The zero-order valence-electron chi connectivity index (χ0n) is 13.2. The molecule has 0 saturated heterocycles. The number of nitrogen functional groups attached to an aromatic ring is 1. The average molecular weight is 354 g/mol. The number of aromatic nitrogens is 3. The van der Waals surface area contributed by atoms with Crippen molar-refractivity contribution >= 4 is 23.9 Å². The number of H-pyrrole nitrogens is 1. The van der Waals surface area contributed by atoms with Crippen molar-refractivity contribution in [2.24, 2.45) is 0 Å². The zero-order valence-corrected chi connectivity index (χ0v) is 14.0. The summed E-state index contributed by atoms with van der Waals surface area (Å²) in [6.07, 6.45) is 3.03. The highest BCUT2D eigenvalue weighted by Crippen LogP contribution is 2.23. The van der Waals surface area contributed by atoms with Crippen LogP contribution in [0.1, 0.15) is 6.92 Å². The molecular weight excluding hydrogens is 340 g/mol. The molecule has 0 saturated carbocycles. The summed E-state index contributed by atoms with van der Waals surface area (Å²) in [6, 6.07) is 9.54. The van der Waals surface area contributed by atoms with Crippen LogP contribution in [0.3, 0.4) is 0 Å². The SMILES string of the molecule is CC(=O)Oc1ccc(-n2cnc(-c3c(N)cc[nH]c3=S)cc2=O)cc1. The first-order valence-electron chi connectivity index (χ1n) is 7.31. The van der Waals surface area contributed by atoms with Gasteiger partial charge < -0.3 is 15.5 Å². The van der Waals surface area contributed by atoms with E-state index in [0.29, 0.717) is 33.0 Å². The molecule has 126 valence electrons. The van der Waals surface area contributed by atoms with E-state index in [1.807, 2.05) is 0 Å². The van der Waals surface area contributed by atoms with E-state index in [9.17, 15) is 9.59 Å². The highest BCUT2D eigenvalue weighted by Gasteiger charge is 2.09. The van der Waals surface area contributed by atoms with E-state index in [-0.39, 0.29) is 5.56 Å². The molecule has 0 spiro atoms. The van der Waals surface area contributed by atoms with Crippen molar-refractivity contribution in [1.82, 2.24) is 14.5 Å². The average Bonchev–Trinajstić information content (AvgIpc) is 2.55. The second-order valence-corrected chi connectivity index (χ2v) is 5.62. The maximum absolute atomic E-state index is 12.5. The van der Waals surface area contributed by atoms with Crippen molar-refractivity contribution in [3.8, 4) is 22.7 Å². The highest BCUT2D eigenvalue weighted by molar-refractivity contribution is 7.71. The van der Waals surface area contributed by atoms with Gasteiger partial charge in [-0.3, -0.25) is 14.2 Å². The van der Waals surface area contributed by atoms with Crippen LogP contribution in [-0.4, -0.2) is 20.5 Å². The lowest BCUT2D eigenvalue weighted by Crippen LogP contribution is -2.18. The van der Waals surface area contributed by atoms with Crippen LogP contribution in [0.5, 0.6) is 5.75 Å². The Morgan fingerprint density at radius 1 is 1.28 bits per heavy atom. The number of hydrogen-bond acceptors (Lipinski definition) is 6. The van der Waals surface area contributed by atoms with Gasteiger partial charge in [-0.25, -0.2) is 4.98 Å². The van der Waals surface area contributed by atoms with Crippen LogP contribution in [0.4, 0.5) is 5.69 Å². The lowest BCUT2D eigenvalue weighted by atomic mass is 10.1. The fourth-order valence-electron chi connectivity index (χ4n) is 2.33. The number of aromatic amines is 1. The number of nitrogens with zero attached hydrogens (tertiary/aromatic N) is 2. The smallest absolute Gasteiger partial charge is 0.308 e. The van der Waals surface area contributed by atoms with E-state index in [1.165, 1.54) is 23.9 Å². The summed E-state index contributed by atoms with van der Waals surface area (Å²) in [7, 11) is 0. The number of nitrogens with one attached hydrogen (secondary N) is 1. The number of benzene rings is 1. The summed E-state index contributed by atoms with van der Waals surface area (Å²) in [5.41, 5.74) is 7.60. The lowest BCUT2D eigenvalue weighted by Gasteiger charge is -2.09. The first-order valence-corrected chi connectivity index (χ1v) is 7.71. The molecule has 25 heavy (non-hydrogen) atoms. The van der Waals surface area contributed by atoms with Crippen molar-refractivity contribution in [3.63, 3.8) is 0 Å². The maximum Gasteiger partial charge on any atom is 0.308 e. The van der Waals surface area contributed by atoms with E-state index in [1.54, 1.807) is 36.5 Å². The molecule has 0 aliphatic heterocycles. The van der Waals surface area contributed by atoms with Crippen LogP contribution >= 0.6 is 12.2 Å². The summed E-state index contributed by atoms with van der Waals surface area (Å²) in [4.78, 5) is 30.6. The van der Waals surface area contributed by atoms with Crippen LogP contribution in [-0.2, 0) is 4.79 Å². The van der Waals surface area contributed by atoms with Crippen LogP contribution < -0.4 is 16.0 Å². The monoisotopic (exact) mass is 354 g/mol. The van der Waals surface area contributed by atoms with E-state index in [4.69, 9.17) is 22.7 Å². The molecular formula is C17H14N4O3S. The van der Waals surface area contributed by atoms with Gasteiger partial charge in [0.2, 0.25) is 0 Å². The largest absolute Gasteiger partial charge is 0.427 e. The molecule has 7 nitrogen and oxygen atoms in total. The van der Waals surface area contributed by atoms with Crippen molar-refractivity contribution in [1.29, 1.82) is 0 Å². The van der Waals surface area contributed by atoms with E-state index < -0.39 is 5.97 Å². The van der Waals surface area contributed by atoms with Gasteiger partial charge in [0.25, 0.3) is 5.56 Å². The molecule has 2 heterocycles. The Morgan fingerprint density at radius 3 is 2.60 bits per heavy atom. The number of carbonyl (C=O) groups is 1. The molecule has 0 aliphatic rings. The van der Waals surface area contributed by atoms with Gasteiger partial charge in [-0.1, -0.05) is 12.2 Å². The summed E-state index contributed by atoms with van der Waals surface area (Å²) in [6.45, 7) is 1.32. The van der Waals surface area contributed by atoms with Gasteiger partial charge >= 0.3 is 5.97 Å². The van der Waals surface area contributed by atoms with Crippen molar-refractivity contribution in [2.45, 2.75) is 6.92 Å². The Kier molecular flexibility index (Phi) is 4.44. The molecule has 8 heteroatoms. The molecule has 0 bridgehead atoms. The maximum atomic E-state index is 12.5. The molecule has 1 aromatic carbocycles. The third kappa shape index (κ3) is 3.48. The first kappa shape index (κ1) is 16.6. The molecule has 3 rings (SSSR count). The predicted molar refractivity (Wildman–Crippen MR) is 96.2 cm³/mol. The first-order chi connectivity index (χ1) is 12.0. The quantitative estimate of drug-likeness (QED) is 0.425. The minimum atomic E-state index is -0.409. The van der Waals surface area contributed by atoms with Gasteiger partial charge in [-0.15, -0.1) is 0 Å². The summed E-state index contributed by atoms with van der Waals surface area (Å²) in [5, 5.41) is 0. The third-order valence-corrected chi connectivity index (χ3v) is 3.76. The van der Waals surface area contributed by atoms with Gasteiger partial charge in [-0.2, -0.15) is 0 Å². The molecule has 0 unspecified atom stereocenters. The third-order valence-electron chi connectivity index (χ3n) is 3.44. The molecule has 3 N–H and O–H groups in total. The van der Waals surface area contributed by atoms with Crippen molar-refractivity contribution in [2.75, 3.05) is 5.73 Å². The number of nitrogens with two attached hydrogens (primary N) is 1. The Bertz CT molecular complexity index is 1050. The molecule has 3 aromatic rings. The minimum Gasteiger partial charge on any atom is -0.427 e. The second-order valence-electron chi connectivity index (χ2n) is 5.21. The predicted octanol–water partition coefficient (Wildman–Crippen LogP) is 2.46. The molecule has 0 atom stereocenters. The Labute approximate surface area is 147 Å². The molecule has 0 amide bonds. The molecule has 2 aromatic heterocycles. The fraction of sp³-hybridized carbons (Fsp3) is 0.0588. The number of pyridine rings is 1. The van der Waals surface area contributed by atoms with Crippen molar-refractivity contribution in [3.05, 3.63) is 63.9 Å². The number of carbonyl (C=O) groups excluding carboxylic acids is 1. The summed E-state index contributed by atoms with van der Waals surface area (Å²) < 4.78 is 6.75. The van der Waals surface area contributed by atoms with Gasteiger partial charge in [0.05, 0.1) is 16.9 Å². The van der Waals surface area contributed by atoms with Crippen molar-refractivity contribution < 1.29 is 9.53 Å². The Morgan fingerprint density at radius 2 is 2.00 bits per heavy atom. The fourth-order valence-corrected chi connectivity index (χ4v) is 2.62. The van der Waals surface area contributed by atoms with E-state index in [0.717, 1.165) is 0 Å². The minimum absolute atomic E-state index is 0.289. The van der Waals surface area contributed by atoms with E-state index in [2.05, 4.69) is 9.97 Å². The van der Waals surface area contributed by atoms with E-state index >= 15 is 0 Å². The Balaban J connectivity index is 1.99. The molecule has 0 fully saturated rings. The summed E-state index contributed by atoms with van der Waals surface area (Å²) >= 11 is 5.21. The van der Waals surface area contributed by atoms with Gasteiger partial charge in [0.1, 0.15) is 16.7 Å². The van der Waals surface area contributed by atoms with Crippen LogP contribution in [0, 0.1) is 4.64 Å². The van der Waals surface area contributed by atoms with Gasteiger partial charge in [0.15, 0.2) is 0 Å². The van der Waals surface area contributed by atoms with Crippen LogP contribution in [0.2, 0.25) is 0 Å². The van der Waals surface area contributed by atoms with Gasteiger partial charge in [-0.05, 0) is 30.3 Å². The topological polar surface area (TPSA) is 103 Å². The number of rotatable bonds is 3. The lowest BCUT2D eigenvalue weighted by molar-refractivity contribution is -0.131. The Hall–Kier alpha value is -3.26. The number of esters is 1. The summed E-state index contributed by atoms with van der Waals surface area (Å²) in [5.74, 6) is -0.00914. The van der Waals surface area contributed by atoms with Crippen LogP contribution in [0.15, 0.2) is 53.7 Å². The number of hydrogen-bond donors (Lipinski definition) is 2. The highest BCUT2D eigenvalue weighted by atomic mass is 32.1. The normalized spacial score (nSPS) is 10.4. The number of ether oxygens (including phenoxy) is 1. The van der Waals surface area contributed by atoms with Crippen LogP contribution in [0.25, 0.3) is 16.9 Å². The molecule has 0 radical (unpaired) electrons. The number of anilines is 1. The van der Waals surface area contributed by atoms with Gasteiger partial charge in [0, 0.05) is 24.9 Å². The zero-order chi connectivity index (χ0) is 18.0.